The van der Waals surface area contributed by atoms with Crippen LogP contribution < -0.4 is 0 Å². The molecule has 2 heteroatoms. The molecule has 1 aromatic carbocycles. The monoisotopic (exact) mass is 229 g/mol. The van der Waals surface area contributed by atoms with E-state index in [1.807, 2.05) is 23.1 Å². The van der Waals surface area contributed by atoms with E-state index in [4.69, 9.17) is 0 Å². The molecule has 0 saturated carbocycles. The van der Waals surface area contributed by atoms with Crippen molar-refractivity contribution in [2.24, 2.45) is 0 Å². The van der Waals surface area contributed by atoms with E-state index in [9.17, 15) is 4.79 Å². The van der Waals surface area contributed by atoms with Crippen LogP contribution >= 0.6 is 0 Å². The summed E-state index contributed by atoms with van der Waals surface area (Å²) in [5, 5.41) is 0. The molecule has 0 radical (unpaired) electrons. The largest absolute Gasteiger partial charge is 0.312 e. The highest BCUT2D eigenvalue weighted by molar-refractivity contribution is 5.75. The molecule has 2 nitrogen and oxygen atoms in total. The van der Waals surface area contributed by atoms with Crippen molar-refractivity contribution in [3.8, 4) is 0 Å². The predicted molar refractivity (Wildman–Crippen MR) is 69.2 cm³/mol. The van der Waals surface area contributed by atoms with Gasteiger partial charge in [-0.3, -0.25) is 4.79 Å². The van der Waals surface area contributed by atoms with E-state index in [1.165, 1.54) is 24.1 Å². The Morgan fingerprint density at radius 1 is 1.24 bits per heavy atom. The van der Waals surface area contributed by atoms with Crippen molar-refractivity contribution >= 4 is 5.91 Å². The van der Waals surface area contributed by atoms with Gasteiger partial charge in [-0.05, 0) is 31.2 Å². The Hall–Kier alpha value is -1.57. The number of hydrogen-bond acceptors (Lipinski definition) is 1. The number of rotatable bonds is 3. The van der Waals surface area contributed by atoms with Gasteiger partial charge in [0.05, 0.1) is 6.54 Å². The lowest BCUT2D eigenvalue weighted by Crippen LogP contribution is -2.28. The highest BCUT2D eigenvalue weighted by atomic mass is 16.2. The molecule has 0 fully saturated rings. The molecule has 0 atom stereocenters. The van der Waals surface area contributed by atoms with Crippen LogP contribution in [0.1, 0.15) is 38.2 Å². The Morgan fingerprint density at radius 3 is 2.59 bits per heavy atom. The first-order valence-electron chi connectivity index (χ1n) is 6.28. The lowest BCUT2D eigenvalue weighted by atomic mass is 10.0. The van der Waals surface area contributed by atoms with Crippen molar-refractivity contribution in [3.63, 3.8) is 0 Å². The summed E-state index contributed by atoms with van der Waals surface area (Å²) >= 11 is 0. The number of carbonyl (C=O) groups is 1. The van der Waals surface area contributed by atoms with Crippen LogP contribution in [0, 0.1) is 0 Å². The van der Waals surface area contributed by atoms with Crippen LogP contribution in [-0.4, -0.2) is 10.8 Å². The molecular formula is C15H19NO. The molecule has 1 aromatic rings. The van der Waals surface area contributed by atoms with Gasteiger partial charge in [-0.2, -0.15) is 0 Å². The van der Waals surface area contributed by atoms with Crippen molar-refractivity contribution in [2.45, 2.75) is 39.2 Å². The van der Waals surface area contributed by atoms with Gasteiger partial charge in [0.25, 0.3) is 0 Å². The third kappa shape index (κ3) is 3.19. The van der Waals surface area contributed by atoms with Gasteiger partial charge in [0.1, 0.15) is 0 Å². The Balaban J connectivity index is 2.13. The van der Waals surface area contributed by atoms with E-state index in [1.54, 1.807) is 6.92 Å². The Kier molecular flexibility index (Phi) is 3.97. The van der Waals surface area contributed by atoms with Gasteiger partial charge < -0.3 is 4.90 Å². The topological polar surface area (TPSA) is 20.3 Å². The second kappa shape index (κ2) is 5.67. The fraction of sp³-hybridized carbons (Fsp3) is 0.400. The molecule has 90 valence electrons. The molecule has 0 heterocycles. The summed E-state index contributed by atoms with van der Waals surface area (Å²) in [4.78, 5) is 13.6. The van der Waals surface area contributed by atoms with Crippen molar-refractivity contribution in [1.82, 2.24) is 4.90 Å². The summed E-state index contributed by atoms with van der Waals surface area (Å²) in [7, 11) is 0. The Bertz CT molecular complexity index is 408. The van der Waals surface area contributed by atoms with E-state index >= 15 is 0 Å². The van der Waals surface area contributed by atoms with Crippen LogP contribution in [0.3, 0.4) is 0 Å². The highest BCUT2D eigenvalue weighted by Gasteiger charge is 2.16. The number of nitrogens with zero attached hydrogens (tertiary/aromatic N) is 1. The molecule has 0 aromatic heterocycles. The molecule has 0 aliphatic heterocycles. The minimum Gasteiger partial charge on any atom is -0.312 e. The van der Waals surface area contributed by atoms with Crippen molar-refractivity contribution < 1.29 is 4.79 Å². The summed E-state index contributed by atoms with van der Waals surface area (Å²) in [6, 6.07) is 10.2. The maximum absolute atomic E-state index is 11.7. The standard InChI is InChI=1S/C15H19NO/c1-13(17)16(15-10-6-3-7-11-15)12-14-8-4-2-5-9-14/h2,4-5,8-10H,3,6-7,11-12H2,1H3. The fourth-order valence-corrected chi connectivity index (χ4v) is 2.25. The number of benzene rings is 1. The number of amides is 1. The SMILES string of the molecule is CC(=O)N(Cc1ccccc1)C1=CCCCC1. The molecule has 1 aliphatic rings. The van der Waals surface area contributed by atoms with Gasteiger partial charge in [-0.15, -0.1) is 0 Å². The zero-order chi connectivity index (χ0) is 12.1. The summed E-state index contributed by atoms with van der Waals surface area (Å²) in [6.07, 6.45) is 6.80. The van der Waals surface area contributed by atoms with Gasteiger partial charge in [-0.25, -0.2) is 0 Å². The van der Waals surface area contributed by atoms with Gasteiger partial charge >= 0.3 is 0 Å². The van der Waals surface area contributed by atoms with E-state index in [0.717, 1.165) is 12.8 Å². The molecular weight excluding hydrogens is 210 g/mol. The maximum atomic E-state index is 11.7. The van der Waals surface area contributed by atoms with Crippen molar-refractivity contribution in [1.29, 1.82) is 0 Å². The van der Waals surface area contributed by atoms with E-state index < -0.39 is 0 Å². The summed E-state index contributed by atoms with van der Waals surface area (Å²) in [5.41, 5.74) is 2.39. The normalized spacial score (nSPS) is 15.2. The Morgan fingerprint density at radius 2 is 2.00 bits per heavy atom. The molecule has 0 spiro atoms. The van der Waals surface area contributed by atoms with E-state index in [-0.39, 0.29) is 5.91 Å². The first-order chi connectivity index (χ1) is 8.27. The lowest BCUT2D eigenvalue weighted by Gasteiger charge is -2.26. The quantitative estimate of drug-likeness (QED) is 0.777. The molecule has 0 saturated heterocycles. The minimum absolute atomic E-state index is 0.141. The average Bonchev–Trinajstić information content (AvgIpc) is 2.38. The van der Waals surface area contributed by atoms with Gasteiger partial charge in [0.15, 0.2) is 0 Å². The van der Waals surface area contributed by atoms with Gasteiger partial charge in [0.2, 0.25) is 5.91 Å². The van der Waals surface area contributed by atoms with Crippen molar-refractivity contribution in [2.75, 3.05) is 0 Å². The summed E-state index contributed by atoms with van der Waals surface area (Å²) < 4.78 is 0. The average molecular weight is 229 g/mol. The Labute approximate surface area is 103 Å². The van der Waals surface area contributed by atoms with Crippen LogP contribution in [0.5, 0.6) is 0 Å². The third-order valence-corrected chi connectivity index (χ3v) is 3.18. The molecule has 0 unspecified atom stereocenters. The van der Waals surface area contributed by atoms with Crippen molar-refractivity contribution in [3.05, 3.63) is 47.7 Å². The van der Waals surface area contributed by atoms with Crippen LogP contribution in [0.4, 0.5) is 0 Å². The maximum Gasteiger partial charge on any atom is 0.223 e. The highest BCUT2D eigenvalue weighted by Crippen LogP contribution is 2.22. The zero-order valence-corrected chi connectivity index (χ0v) is 10.4. The number of hydrogen-bond donors (Lipinski definition) is 0. The predicted octanol–water partition coefficient (Wildman–Crippen LogP) is 3.49. The first kappa shape index (κ1) is 11.9. The molecule has 1 amide bonds. The summed E-state index contributed by atoms with van der Waals surface area (Å²) in [5.74, 6) is 0.141. The van der Waals surface area contributed by atoms with Crippen LogP contribution in [0.15, 0.2) is 42.1 Å². The van der Waals surface area contributed by atoms with Crippen LogP contribution in [0.2, 0.25) is 0 Å². The van der Waals surface area contributed by atoms with E-state index in [0.29, 0.717) is 6.54 Å². The lowest BCUT2D eigenvalue weighted by molar-refractivity contribution is -0.127. The van der Waals surface area contributed by atoms with E-state index in [2.05, 4.69) is 18.2 Å². The smallest absolute Gasteiger partial charge is 0.223 e. The number of carbonyl (C=O) groups excluding carboxylic acids is 1. The van der Waals surface area contributed by atoms with Crippen LogP contribution in [-0.2, 0) is 11.3 Å². The minimum atomic E-state index is 0.141. The fourth-order valence-electron chi connectivity index (χ4n) is 2.25. The number of allylic oxidation sites excluding steroid dienone is 2. The van der Waals surface area contributed by atoms with Crippen LogP contribution in [0.25, 0.3) is 0 Å². The molecule has 0 bridgehead atoms. The molecule has 17 heavy (non-hydrogen) atoms. The summed E-state index contributed by atoms with van der Waals surface area (Å²) in [6.45, 7) is 2.35. The molecule has 1 aliphatic carbocycles. The molecule has 0 N–H and O–H groups in total. The zero-order valence-electron chi connectivity index (χ0n) is 10.4. The second-order valence-corrected chi connectivity index (χ2v) is 4.53. The first-order valence-corrected chi connectivity index (χ1v) is 6.28. The third-order valence-electron chi connectivity index (χ3n) is 3.18. The molecule has 2 rings (SSSR count). The van der Waals surface area contributed by atoms with Gasteiger partial charge in [0, 0.05) is 12.6 Å². The second-order valence-electron chi connectivity index (χ2n) is 4.53. The van der Waals surface area contributed by atoms with Gasteiger partial charge in [-0.1, -0.05) is 36.4 Å².